The molecule has 0 amide bonds. The molecule has 2 aromatic heterocycles. The molecule has 0 atom stereocenters. The summed E-state index contributed by atoms with van der Waals surface area (Å²) in [5.41, 5.74) is 2.18. The molecule has 2 rings (SSSR count). The standard InChI is InChI=1S/C13H16ClFN4/c1-9(2)5-17-13-8-19(18-12(13)4-14)11-3-10(15)6-16-7-11/h3,6-9,17H,4-5H2,1-2H3. The lowest BCUT2D eigenvalue weighted by atomic mass is 10.2. The summed E-state index contributed by atoms with van der Waals surface area (Å²) in [6.45, 7) is 5.07. The molecule has 0 spiro atoms. The first-order chi connectivity index (χ1) is 9.10. The van der Waals surface area contributed by atoms with Crippen LogP contribution in [0.25, 0.3) is 5.69 Å². The summed E-state index contributed by atoms with van der Waals surface area (Å²) < 4.78 is 14.7. The summed E-state index contributed by atoms with van der Waals surface area (Å²) in [5, 5.41) is 7.62. The van der Waals surface area contributed by atoms with Gasteiger partial charge in [-0.15, -0.1) is 11.6 Å². The monoisotopic (exact) mass is 282 g/mol. The maximum Gasteiger partial charge on any atom is 0.143 e. The van der Waals surface area contributed by atoms with E-state index in [-0.39, 0.29) is 0 Å². The quantitative estimate of drug-likeness (QED) is 0.856. The molecule has 19 heavy (non-hydrogen) atoms. The Bertz CT molecular complexity index is 553. The van der Waals surface area contributed by atoms with Gasteiger partial charge in [0.05, 0.1) is 35.8 Å². The molecule has 4 nitrogen and oxygen atoms in total. The summed E-state index contributed by atoms with van der Waals surface area (Å²) in [6, 6.07) is 1.38. The molecular formula is C13H16ClFN4. The highest BCUT2D eigenvalue weighted by molar-refractivity contribution is 6.17. The van der Waals surface area contributed by atoms with E-state index in [1.807, 2.05) is 0 Å². The van der Waals surface area contributed by atoms with Gasteiger partial charge in [0.25, 0.3) is 0 Å². The van der Waals surface area contributed by atoms with E-state index in [1.165, 1.54) is 6.07 Å². The fraction of sp³-hybridized carbons (Fsp3) is 0.385. The van der Waals surface area contributed by atoms with Crippen molar-refractivity contribution >= 4 is 17.3 Å². The first-order valence-electron chi connectivity index (χ1n) is 6.09. The number of anilines is 1. The fourth-order valence-electron chi connectivity index (χ4n) is 1.63. The van der Waals surface area contributed by atoms with Gasteiger partial charge in [-0.2, -0.15) is 5.10 Å². The van der Waals surface area contributed by atoms with E-state index in [1.54, 1.807) is 17.1 Å². The van der Waals surface area contributed by atoms with Crippen LogP contribution >= 0.6 is 11.6 Å². The van der Waals surface area contributed by atoms with Crippen molar-refractivity contribution in [1.29, 1.82) is 0 Å². The zero-order valence-corrected chi connectivity index (χ0v) is 11.7. The Morgan fingerprint density at radius 3 is 2.84 bits per heavy atom. The number of alkyl halides is 1. The molecule has 0 aromatic carbocycles. The smallest absolute Gasteiger partial charge is 0.143 e. The first kappa shape index (κ1) is 13.8. The van der Waals surface area contributed by atoms with Crippen molar-refractivity contribution in [3.63, 3.8) is 0 Å². The van der Waals surface area contributed by atoms with E-state index in [2.05, 4.69) is 29.2 Å². The van der Waals surface area contributed by atoms with Crippen LogP contribution in [-0.4, -0.2) is 21.3 Å². The number of pyridine rings is 1. The lowest BCUT2D eigenvalue weighted by molar-refractivity contribution is 0.618. The van der Waals surface area contributed by atoms with Crippen molar-refractivity contribution in [2.24, 2.45) is 5.92 Å². The minimum atomic E-state index is -0.392. The topological polar surface area (TPSA) is 42.7 Å². The Morgan fingerprint density at radius 1 is 1.42 bits per heavy atom. The third-order valence-electron chi connectivity index (χ3n) is 2.57. The maximum atomic E-state index is 13.2. The number of nitrogens with one attached hydrogen (secondary N) is 1. The van der Waals surface area contributed by atoms with Gasteiger partial charge < -0.3 is 5.32 Å². The largest absolute Gasteiger partial charge is 0.382 e. The van der Waals surface area contributed by atoms with E-state index < -0.39 is 5.82 Å². The van der Waals surface area contributed by atoms with Gasteiger partial charge in [-0.3, -0.25) is 4.98 Å². The predicted molar refractivity (Wildman–Crippen MR) is 74.2 cm³/mol. The molecule has 0 aliphatic heterocycles. The Labute approximate surface area is 116 Å². The molecule has 6 heteroatoms. The number of rotatable bonds is 5. The van der Waals surface area contributed by atoms with Crippen molar-refractivity contribution < 1.29 is 4.39 Å². The Balaban J connectivity index is 2.27. The third-order valence-corrected chi connectivity index (χ3v) is 2.83. The molecule has 0 radical (unpaired) electrons. The van der Waals surface area contributed by atoms with Gasteiger partial charge >= 0.3 is 0 Å². The van der Waals surface area contributed by atoms with Crippen molar-refractivity contribution in [1.82, 2.24) is 14.8 Å². The number of hydrogen-bond acceptors (Lipinski definition) is 3. The highest BCUT2D eigenvalue weighted by atomic mass is 35.5. The maximum absolute atomic E-state index is 13.2. The van der Waals surface area contributed by atoms with Gasteiger partial charge in [-0.05, 0) is 5.92 Å². The zero-order valence-electron chi connectivity index (χ0n) is 10.9. The zero-order chi connectivity index (χ0) is 13.8. The van der Waals surface area contributed by atoms with Crippen LogP contribution in [-0.2, 0) is 5.88 Å². The van der Waals surface area contributed by atoms with Gasteiger partial charge in [-0.1, -0.05) is 13.8 Å². The Morgan fingerprint density at radius 2 is 2.21 bits per heavy atom. The highest BCUT2D eigenvalue weighted by Gasteiger charge is 2.10. The molecule has 2 aromatic rings. The average Bonchev–Trinajstić information content (AvgIpc) is 2.79. The summed E-state index contributed by atoms with van der Waals surface area (Å²) >= 11 is 5.87. The molecule has 0 saturated carbocycles. The second-order valence-corrected chi connectivity index (χ2v) is 4.97. The molecule has 0 bridgehead atoms. The second-order valence-electron chi connectivity index (χ2n) is 4.70. The minimum absolute atomic E-state index is 0.302. The Kier molecular flexibility index (Phi) is 4.37. The minimum Gasteiger partial charge on any atom is -0.382 e. The molecule has 1 N–H and O–H groups in total. The highest BCUT2D eigenvalue weighted by Crippen LogP contribution is 2.19. The van der Waals surface area contributed by atoms with Crippen LogP contribution in [0.1, 0.15) is 19.5 Å². The SMILES string of the molecule is CC(C)CNc1cn(-c2cncc(F)c2)nc1CCl. The van der Waals surface area contributed by atoms with Crippen LogP contribution in [0, 0.1) is 11.7 Å². The first-order valence-corrected chi connectivity index (χ1v) is 6.63. The second kappa shape index (κ2) is 6.02. The van der Waals surface area contributed by atoms with Gasteiger partial charge in [0.2, 0.25) is 0 Å². The predicted octanol–water partition coefficient (Wildman–Crippen LogP) is 3.21. The molecule has 0 fully saturated rings. The molecule has 102 valence electrons. The van der Waals surface area contributed by atoms with Gasteiger partial charge in [0.15, 0.2) is 0 Å². The summed E-state index contributed by atoms with van der Waals surface area (Å²) in [4.78, 5) is 3.81. The van der Waals surface area contributed by atoms with E-state index in [0.717, 1.165) is 24.1 Å². The molecule has 0 aliphatic rings. The van der Waals surface area contributed by atoms with Crippen LogP contribution in [0.15, 0.2) is 24.7 Å². The van der Waals surface area contributed by atoms with Crippen molar-refractivity contribution in [2.75, 3.05) is 11.9 Å². The van der Waals surface area contributed by atoms with E-state index in [9.17, 15) is 4.39 Å². The van der Waals surface area contributed by atoms with Crippen molar-refractivity contribution in [2.45, 2.75) is 19.7 Å². The molecule has 0 aliphatic carbocycles. The lowest BCUT2D eigenvalue weighted by Gasteiger charge is -2.07. The number of hydrogen-bond donors (Lipinski definition) is 1. The number of halogens is 2. The van der Waals surface area contributed by atoms with Crippen LogP contribution in [0.2, 0.25) is 0 Å². The Hall–Kier alpha value is -1.62. The van der Waals surface area contributed by atoms with Gasteiger partial charge in [0, 0.05) is 12.6 Å². The lowest BCUT2D eigenvalue weighted by Crippen LogP contribution is -2.08. The van der Waals surface area contributed by atoms with E-state index in [4.69, 9.17) is 11.6 Å². The van der Waals surface area contributed by atoms with E-state index >= 15 is 0 Å². The number of nitrogens with zero attached hydrogens (tertiary/aromatic N) is 3. The summed E-state index contributed by atoms with van der Waals surface area (Å²) in [5.74, 6) is 0.426. The molecular weight excluding hydrogens is 267 g/mol. The van der Waals surface area contributed by atoms with Crippen LogP contribution in [0.4, 0.5) is 10.1 Å². The number of aromatic nitrogens is 3. The van der Waals surface area contributed by atoms with Crippen LogP contribution in [0.5, 0.6) is 0 Å². The molecule has 0 unspecified atom stereocenters. The summed E-state index contributed by atoms with van der Waals surface area (Å²) in [7, 11) is 0. The summed E-state index contributed by atoms with van der Waals surface area (Å²) in [6.07, 6.45) is 4.52. The van der Waals surface area contributed by atoms with Crippen molar-refractivity contribution in [3.8, 4) is 5.69 Å². The fourth-order valence-corrected chi connectivity index (χ4v) is 1.83. The van der Waals surface area contributed by atoms with Crippen LogP contribution < -0.4 is 5.32 Å². The molecule has 0 saturated heterocycles. The average molecular weight is 283 g/mol. The van der Waals surface area contributed by atoms with Crippen molar-refractivity contribution in [3.05, 3.63) is 36.2 Å². The third kappa shape index (κ3) is 3.44. The van der Waals surface area contributed by atoms with Gasteiger partial charge in [-0.25, -0.2) is 9.07 Å². The van der Waals surface area contributed by atoms with Crippen LogP contribution in [0.3, 0.4) is 0 Å². The molecule has 2 heterocycles. The van der Waals surface area contributed by atoms with Gasteiger partial charge in [0.1, 0.15) is 11.5 Å². The van der Waals surface area contributed by atoms with E-state index in [0.29, 0.717) is 17.5 Å². The normalized spacial score (nSPS) is 11.0.